The maximum atomic E-state index is 12.4. The molecule has 0 fully saturated rings. The van der Waals surface area contributed by atoms with Gasteiger partial charge in [-0.2, -0.15) is 0 Å². The van der Waals surface area contributed by atoms with Gasteiger partial charge in [-0.15, -0.1) is 0 Å². The van der Waals surface area contributed by atoms with E-state index in [1.165, 1.54) is 12.8 Å². The zero-order valence-electron chi connectivity index (χ0n) is 13.6. The maximum Gasteiger partial charge on any atom is 0.160 e. The van der Waals surface area contributed by atoms with Gasteiger partial charge in [-0.05, 0) is 50.4 Å². The van der Waals surface area contributed by atoms with Crippen molar-refractivity contribution in [1.82, 2.24) is 4.90 Å². The van der Waals surface area contributed by atoms with E-state index >= 15 is 0 Å². The van der Waals surface area contributed by atoms with Crippen LogP contribution in [0.3, 0.4) is 0 Å². The van der Waals surface area contributed by atoms with Crippen LogP contribution in [0.5, 0.6) is 0 Å². The van der Waals surface area contributed by atoms with Crippen molar-refractivity contribution in [3.05, 3.63) is 39.9 Å². The summed E-state index contributed by atoms with van der Waals surface area (Å²) in [6.45, 7) is 2.95. The molecule has 1 aromatic carbocycles. The highest BCUT2D eigenvalue weighted by Crippen LogP contribution is 2.22. The molecule has 1 aromatic rings. The Morgan fingerprint density at radius 3 is 2.59 bits per heavy atom. The highest BCUT2D eigenvalue weighted by atomic mass is 35.5. The van der Waals surface area contributed by atoms with Crippen LogP contribution < -0.4 is 0 Å². The second-order valence-electron chi connectivity index (χ2n) is 5.86. The summed E-state index contributed by atoms with van der Waals surface area (Å²) in [6.07, 6.45) is 7.79. The molecular weight excluding hydrogens is 317 g/mol. The van der Waals surface area contributed by atoms with Crippen LogP contribution in [0.2, 0.25) is 10.0 Å². The second-order valence-corrected chi connectivity index (χ2v) is 6.70. The fourth-order valence-electron chi connectivity index (χ4n) is 2.35. The van der Waals surface area contributed by atoms with E-state index in [0.29, 0.717) is 10.0 Å². The van der Waals surface area contributed by atoms with Crippen LogP contribution in [-0.4, -0.2) is 31.3 Å². The topological polar surface area (TPSA) is 20.3 Å². The number of halogens is 2. The summed E-state index contributed by atoms with van der Waals surface area (Å²) in [5.74, 6) is 0.208. The van der Waals surface area contributed by atoms with E-state index in [4.69, 9.17) is 23.2 Å². The van der Waals surface area contributed by atoms with E-state index in [1.54, 1.807) is 24.3 Å². The van der Waals surface area contributed by atoms with E-state index in [-0.39, 0.29) is 11.7 Å². The van der Waals surface area contributed by atoms with Gasteiger partial charge in [0.2, 0.25) is 0 Å². The van der Waals surface area contributed by atoms with Gasteiger partial charge in [0.25, 0.3) is 0 Å². The van der Waals surface area contributed by atoms with E-state index in [1.807, 2.05) is 20.2 Å². The van der Waals surface area contributed by atoms with Gasteiger partial charge < -0.3 is 4.90 Å². The van der Waals surface area contributed by atoms with Gasteiger partial charge in [0.15, 0.2) is 5.78 Å². The Hall–Kier alpha value is -0.830. The fraction of sp³-hybridized carbons (Fsp3) is 0.500. The summed E-state index contributed by atoms with van der Waals surface area (Å²) in [7, 11) is 4.00. The number of allylic oxidation sites excluding steroid dienone is 1. The van der Waals surface area contributed by atoms with Crippen LogP contribution in [0, 0.1) is 5.92 Å². The molecule has 1 atom stereocenters. The van der Waals surface area contributed by atoms with Crippen LogP contribution in [0.1, 0.15) is 38.2 Å². The van der Waals surface area contributed by atoms with E-state index < -0.39 is 0 Å². The third-order valence-corrected chi connectivity index (χ3v) is 4.10. The lowest BCUT2D eigenvalue weighted by molar-refractivity contribution is -0.118. The maximum absolute atomic E-state index is 12.4. The normalized spacial score (nSPS) is 13.0. The molecule has 122 valence electrons. The Labute approximate surface area is 144 Å². The molecule has 0 aliphatic rings. The Kier molecular flexibility index (Phi) is 8.77. The second kappa shape index (κ2) is 10.0. The Morgan fingerprint density at radius 2 is 2.00 bits per heavy atom. The van der Waals surface area contributed by atoms with Crippen molar-refractivity contribution in [1.29, 1.82) is 0 Å². The average Bonchev–Trinajstić information content (AvgIpc) is 2.45. The number of nitrogens with zero attached hydrogens (tertiary/aromatic N) is 1. The van der Waals surface area contributed by atoms with Crippen molar-refractivity contribution < 1.29 is 4.79 Å². The summed E-state index contributed by atoms with van der Waals surface area (Å²) in [5, 5.41) is 1.16. The first-order valence-electron chi connectivity index (χ1n) is 7.75. The molecule has 0 aromatic heterocycles. The standard InChI is InChI=1S/C18H25Cl2NO/c1-4-5-6-7-15(13-21(2)3)18(22)11-9-14-8-10-16(19)12-17(14)20/h8-12,15H,4-7,13H2,1-3H3/b11-9-. The first kappa shape index (κ1) is 19.2. The number of hydrogen-bond donors (Lipinski definition) is 0. The summed E-state index contributed by atoms with van der Waals surface area (Å²) in [6, 6.07) is 5.29. The SMILES string of the molecule is CCCCCC(CN(C)C)C(=O)/C=C\c1ccc(Cl)cc1Cl. The van der Waals surface area contributed by atoms with Crippen LogP contribution >= 0.6 is 23.2 Å². The first-order chi connectivity index (χ1) is 10.4. The Balaban J connectivity index is 2.73. The zero-order valence-corrected chi connectivity index (χ0v) is 15.1. The molecule has 0 radical (unpaired) electrons. The molecule has 4 heteroatoms. The van der Waals surface area contributed by atoms with Gasteiger partial charge in [0, 0.05) is 22.5 Å². The largest absolute Gasteiger partial charge is 0.309 e. The minimum absolute atomic E-state index is 0.0453. The monoisotopic (exact) mass is 341 g/mol. The van der Waals surface area contributed by atoms with E-state index in [0.717, 1.165) is 24.9 Å². The lowest BCUT2D eigenvalue weighted by Gasteiger charge is -2.18. The van der Waals surface area contributed by atoms with Crippen molar-refractivity contribution in [2.75, 3.05) is 20.6 Å². The van der Waals surface area contributed by atoms with Crippen LogP contribution in [0.4, 0.5) is 0 Å². The zero-order chi connectivity index (χ0) is 16.5. The van der Waals surface area contributed by atoms with E-state index in [9.17, 15) is 4.79 Å². The van der Waals surface area contributed by atoms with Gasteiger partial charge in [0.1, 0.15) is 0 Å². The van der Waals surface area contributed by atoms with Crippen molar-refractivity contribution in [3.63, 3.8) is 0 Å². The van der Waals surface area contributed by atoms with Crippen molar-refractivity contribution >= 4 is 35.1 Å². The molecular formula is C18H25Cl2NO. The number of carbonyl (C=O) groups is 1. The van der Waals surface area contributed by atoms with Crippen molar-refractivity contribution in [2.24, 2.45) is 5.92 Å². The van der Waals surface area contributed by atoms with Crippen molar-refractivity contribution in [3.8, 4) is 0 Å². The number of benzene rings is 1. The summed E-state index contributed by atoms with van der Waals surface area (Å²) in [4.78, 5) is 14.5. The molecule has 0 N–H and O–H groups in total. The van der Waals surface area contributed by atoms with Crippen LogP contribution in [-0.2, 0) is 4.79 Å². The molecule has 1 rings (SSSR count). The van der Waals surface area contributed by atoms with Crippen molar-refractivity contribution in [2.45, 2.75) is 32.6 Å². The Bertz CT molecular complexity index is 512. The molecule has 0 aliphatic heterocycles. The van der Waals surface area contributed by atoms with Gasteiger partial charge >= 0.3 is 0 Å². The molecule has 22 heavy (non-hydrogen) atoms. The summed E-state index contributed by atoms with van der Waals surface area (Å²) in [5.41, 5.74) is 0.816. The van der Waals surface area contributed by atoms with Gasteiger partial charge in [-0.25, -0.2) is 0 Å². The lowest BCUT2D eigenvalue weighted by atomic mass is 9.95. The molecule has 0 aliphatic carbocycles. The summed E-state index contributed by atoms with van der Waals surface area (Å²) < 4.78 is 0. The number of unbranched alkanes of at least 4 members (excludes halogenated alkanes) is 2. The number of hydrogen-bond acceptors (Lipinski definition) is 2. The number of carbonyl (C=O) groups excluding carboxylic acids is 1. The highest BCUT2D eigenvalue weighted by molar-refractivity contribution is 6.35. The molecule has 0 saturated heterocycles. The van der Waals surface area contributed by atoms with Crippen LogP contribution in [0.25, 0.3) is 6.08 Å². The smallest absolute Gasteiger partial charge is 0.160 e. The molecule has 1 unspecified atom stereocenters. The molecule has 0 spiro atoms. The fourth-order valence-corrected chi connectivity index (χ4v) is 2.82. The molecule has 0 amide bonds. The quantitative estimate of drug-likeness (QED) is 0.446. The summed E-state index contributed by atoms with van der Waals surface area (Å²) >= 11 is 12.0. The minimum atomic E-state index is 0.0453. The average molecular weight is 342 g/mol. The minimum Gasteiger partial charge on any atom is -0.309 e. The third-order valence-electron chi connectivity index (χ3n) is 3.53. The number of rotatable bonds is 9. The number of ketones is 1. The van der Waals surface area contributed by atoms with Crippen LogP contribution in [0.15, 0.2) is 24.3 Å². The highest BCUT2D eigenvalue weighted by Gasteiger charge is 2.16. The predicted molar refractivity (Wildman–Crippen MR) is 96.7 cm³/mol. The first-order valence-corrected chi connectivity index (χ1v) is 8.51. The molecule has 0 heterocycles. The van der Waals surface area contributed by atoms with Gasteiger partial charge in [-0.1, -0.05) is 55.5 Å². The van der Waals surface area contributed by atoms with Gasteiger partial charge in [0.05, 0.1) is 0 Å². The predicted octanol–water partition coefficient (Wildman–Crippen LogP) is 5.33. The van der Waals surface area contributed by atoms with Gasteiger partial charge in [-0.3, -0.25) is 4.79 Å². The Morgan fingerprint density at radius 1 is 1.27 bits per heavy atom. The molecule has 2 nitrogen and oxygen atoms in total. The lowest BCUT2D eigenvalue weighted by Crippen LogP contribution is -2.27. The molecule has 0 bridgehead atoms. The molecule has 0 saturated carbocycles. The van der Waals surface area contributed by atoms with E-state index in [2.05, 4.69) is 11.8 Å². The third kappa shape index (κ3) is 6.95.